The molecule has 0 saturated carbocycles. The van der Waals surface area contributed by atoms with E-state index in [1.165, 1.54) is 6.92 Å². The summed E-state index contributed by atoms with van der Waals surface area (Å²) >= 11 is 0. The van der Waals surface area contributed by atoms with Gasteiger partial charge in [0, 0.05) is 12.3 Å². The molecule has 1 aliphatic rings. The Morgan fingerprint density at radius 1 is 0.882 bits per heavy atom. The van der Waals surface area contributed by atoms with Gasteiger partial charge in [-0.3, -0.25) is 9.59 Å². The van der Waals surface area contributed by atoms with E-state index in [0.29, 0.717) is 0 Å². The van der Waals surface area contributed by atoms with Crippen molar-refractivity contribution in [1.29, 1.82) is 0 Å². The van der Waals surface area contributed by atoms with Gasteiger partial charge in [-0.1, -0.05) is 78.9 Å². The molecule has 7 nitrogen and oxygen atoms in total. The van der Waals surface area contributed by atoms with Crippen molar-refractivity contribution in [1.82, 2.24) is 5.32 Å². The summed E-state index contributed by atoms with van der Waals surface area (Å²) in [6, 6.07) is 23.8. The number of hydrogen-bond donors (Lipinski definition) is 2. The maximum Gasteiger partial charge on any atom is 0.509 e. The Morgan fingerprint density at radius 2 is 1.44 bits per heavy atom. The van der Waals surface area contributed by atoms with Gasteiger partial charge in [0.15, 0.2) is 6.10 Å². The Kier molecular flexibility index (Phi) is 6.92. The van der Waals surface area contributed by atoms with Crippen molar-refractivity contribution in [2.24, 2.45) is 0 Å². The fraction of sp³-hybridized carbons (Fsp3) is 0.222. The second kappa shape index (κ2) is 10.2. The average molecular weight is 459 g/mol. The van der Waals surface area contributed by atoms with Crippen molar-refractivity contribution in [3.8, 4) is 11.1 Å². The topological polar surface area (TPSA) is 102 Å². The van der Waals surface area contributed by atoms with Crippen molar-refractivity contribution in [2.75, 3.05) is 6.61 Å². The van der Waals surface area contributed by atoms with Gasteiger partial charge in [-0.2, -0.15) is 0 Å². The molecular weight excluding hydrogens is 434 g/mol. The van der Waals surface area contributed by atoms with Crippen molar-refractivity contribution in [3.63, 3.8) is 0 Å². The smallest absolute Gasteiger partial charge is 0.480 e. The fourth-order valence-electron chi connectivity index (χ4n) is 4.13. The molecule has 4 rings (SSSR count). The predicted octanol–water partition coefficient (Wildman–Crippen LogP) is 4.15. The summed E-state index contributed by atoms with van der Waals surface area (Å²) in [4.78, 5) is 36.4. The van der Waals surface area contributed by atoms with E-state index >= 15 is 0 Å². The molecule has 0 fully saturated rings. The highest BCUT2D eigenvalue weighted by atomic mass is 16.7. The van der Waals surface area contributed by atoms with Gasteiger partial charge >= 0.3 is 12.1 Å². The van der Waals surface area contributed by atoms with Gasteiger partial charge < -0.3 is 19.9 Å². The van der Waals surface area contributed by atoms with Crippen LogP contribution in [0.4, 0.5) is 4.79 Å². The number of nitrogens with one attached hydrogen (secondary N) is 1. The minimum Gasteiger partial charge on any atom is -0.480 e. The van der Waals surface area contributed by atoms with Crippen molar-refractivity contribution in [3.05, 3.63) is 95.6 Å². The molecule has 0 spiro atoms. The largest absolute Gasteiger partial charge is 0.509 e. The first-order valence-electron chi connectivity index (χ1n) is 11.0. The van der Waals surface area contributed by atoms with Gasteiger partial charge in [0.25, 0.3) is 5.91 Å². The summed E-state index contributed by atoms with van der Waals surface area (Å²) in [5.74, 6) is -2.03. The minimum atomic E-state index is -1.24. The van der Waals surface area contributed by atoms with Crippen LogP contribution in [-0.2, 0) is 25.5 Å². The number of rotatable bonds is 8. The second-order valence-electron chi connectivity index (χ2n) is 8.15. The number of hydrogen-bond acceptors (Lipinski definition) is 5. The number of fused-ring (bicyclic) bond motifs is 3. The van der Waals surface area contributed by atoms with E-state index in [2.05, 4.69) is 5.32 Å². The van der Waals surface area contributed by atoms with E-state index in [9.17, 15) is 14.4 Å². The first kappa shape index (κ1) is 23.0. The van der Waals surface area contributed by atoms with Crippen LogP contribution in [0.1, 0.15) is 29.5 Å². The van der Waals surface area contributed by atoms with E-state index in [4.69, 9.17) is 14.6 Å². The van der Waals surface area contributed by atoms with Crippen LogP contribution in [0.3, 0.4) is 0 Å². The molecule has 7 heteroatoms. The number of amides is 1. The van der Waals surface area contributed by atoms with Crippen LogP contribution in [0.5, 0.6) is 0 Å². The molecule has 0 unspecified atom stereocenters. The number of aliphatic carboxylic acids is 1. The molecule has 174 valence electrons. The van der Waals surface area contributed by atoms with E-state index < -0.39 is 30.2 Å². The first-order valence-corrected chi connectivity index (χ1v) is 11.0. The normalized spacial score (nSPS) is 13.8. The molecule has 1 aliphatic carbocycles. The molecule has 0 heterocycles. The van der Waals surface area contributed by atoms with Crippen LogP contribution in [0, 0.1) is 0 Å². The monoisotopic (exact) mass is 459 g/mol. The van der Waals surface area contributed by atoms with Crippen LogP contribution >= 0.6 is 0 Å². The molecule has 1 amide bonds. The number of carboxylic acids is 1. The maximum atomic E-state index is 12.7. The lowest BCUT2D eigenvalue weighted by molar-refractivity contribution is -0.143. The minimum absolute atomic E-state index is 0.0536. The van der Waals surface area contributed by atoms with Crippen LogP contribution in [-0.4, -0.2) is 41.9 Å². The van der Waals surface area contributed by atoms with Crippen LogP contribution in [0.15, 0.2) is 78.9 Å². The maximum absolute atomic E-state index is 12.7. The Morgan fingerprint density at radius 3 is 2.03 bits per heavy atom. The van der Waals surface area contributed by atoms with E-state index in [-0.39, 0.29) is 18.9 Å². The number of carbonyl (C=O) groups excluding carboxylic acids is 2. The zero-order valence-electron chi connectivity index (χ0n) is 18.6. The highest BCUT2D eigenvalue weighted by Crippen LogP contribution is 2.44. The molecule has 0 bridgehead atoms. The second-order valence-corrected chi connectivity index (χ2v) is 8.15. The summed E-state index contributed by atoms with van der Waals surface area (Å²) in [7, 11) is 0. The van der Waals surface area contributed by atoms with Crippen molar-refractivity contribution < 1.29 is 29.0 Å². The third-order valence-electron chi connectivity index (χ3n) is 5.85. The Bertz CT molecular complexity index is 1150. The number of ether oxygens (including phenoxy) is 2. The summed E-state index contributed by atoms with van der Waals surface area (Å²) in [5.41, 5.74) is 5.08. The molecule has 34 heavy (non-hydrogen) atoms. The lowest BCUT2D eigenvalue weighted by Crippen LogP contribution is -2.46. The first-order chi connectivity index (χ1) is 16.4. The van der Waals surface area contributed by atoms with Crippen LogP contribution in [0.2, 0.25) is 0 Å². The Balaban J connectivity index is 1.45. The zero-order valence-corrected chi connectivity index (χ0v) is 18.6. The summed E-state index contributed by atoms with van der Waals surface area (Å²) in [6.07, 6.45) is -2.13. The lowest BCUT2D eigenvalue weighted by atomic mass is 9.98. The highest BCUT2D eigenvalue weighted by molar-refractivity contribution is 5.87. The van der Waals surface area contributed by atoms with Gasteiger partial charge in [-0.25, -0.2) is 4.79 Å². The SMILES string of the molecule is C[C@H](NC(=O)[C@H](Cc1ccccc1)OC(=O)OCC1c2ccccc2-c2ccccc21)C(=O)O. The average Bonchev–Trinajstić information content (AvgIpc) is 3.16. The number of benzene rings is 3. The van der Waals surface area contributed by atoms with Crippen LogP contribution < -0.4 is 5.32 Å². The molecule has 0 aromatic heterocycles. The molecule has 3 aromatic carbocycles. The lowest BCUT2D eigenvalue weighted by Gasteiger charge is -2.20. The fourth-order valence-corrected chi connectivity index (χ4v) is 4.13. The highest BCUT2D eigenvalue weighted by Gasteiger charge is 2.31. The van der Waals surface area contributed by atoms with Crippen molar-refractivity contribution >= 4 is 18.0 Å². The summed E-state index contributed by atoms with van der Waals surface area (Å²) < 4.78 is 10.8. The molecule has 2 atom stereocenters. The Hall–Kier alpha value is -4.13. The van der Waals surface area contributed by atoms with Gasteiger partial charge in [-0.05, 0) is 34.7 Å². The summed E-state index contributed by atoms with van der Waals surface area (Å²) in [5, 5.41) is 11.5. The van der Waals surface area contributed by atoms with Gasteiger partial charge in [-0.15, -0.1) is 0 Å². The molecule has 2 N–H and O–H groups in total. The van der Waals surface area contributed by atoms with Gasteiger partial charge in [0.05, 0.1) is 0 Å². The van der Waals surface area contributed by atoms with Crippen LogP contribution in [0.25, 0.3) is 11.1 Å². The number of carboxylic acid groups (broad SMARTS) is 1. The van der Waals surface area contributed by atoms with Gasteiger partial charge in [0.2, 0.25) is 0 Å². The third kappa shape index (κ3) is 5.09. The van der Waals surface area contributed by atoms with Crippen molar-refractivity contribution in [2.45, 2.75) is 31.4 Å². The summed E-state index contributed by atoms with van der Waals surface area (Å²) in [6.45, 7) is 1.39. The predicted molar refractivity (Wildman–Crippen MR) is 125 cm³/mol. The van der Waals surface area contributed by atoms with Gasteiger partial charge in [0.1, 0.15) is 12.6 Å². The van der Waals surface area contributed by atoms with E-state index in [1.54, 1.807) is 24.3 Å². The number of carbonyl (C=O) groups is 3. The molecular formula is C27H25NO6. The molecule has 3 aromatic rings. The molecule has 0 saturated heterocycles. The third-order valence-corrected chi connectivity index (χ3v) is 5.85. The standard InChI is InChI=1S/C27H25NO6/c1-17(26(30)31)28-25(29)24(15-18-9-3-2-4-10-18)34-27(32)33-16-23-21-13-7-5-11-19(21)20-12-6-8-14-22(20)23/h2-14,17,23-24H,15-16H2,1H3,(H,28,29)(H,30,31)/t17-,24-/m0/s1. The van der Waals surface area contributed by atoms with E-state index in [0.717, 1.165) is 27.8 Å². The Labute approximate surface area is 197 Å². The molecule has 0 aliphatic heterocycles. The van der Waals surface area contributed by atoms with E-state index in [1.807, 2.05) is 54.6 Å². The quantitative estimate of drug-likeness (QED) is 0.491. The molecule has 0 radical (unpaired) electrons. The zero-order chi connectivity index (χ0) is 24.1.